The first-order valence-electron chi connectivity index (χ1n) is 11.3. The molecule has 31 heavy (non-hydrogen) atoms. The van der Waals surface area contributed by atoms with E-state index >= 15 is 0 Å². The molecule has 7 heteroatoms. The van der Waals surface area contributed by atoms with Gasteiger partial charge in [-0.05, 0) is 55.6 Å². The third-order valence-electron chi connectivity index (χ3n) is 8.13. The highest BCUT2D eigenvalue weighted by Crippen LogP contribution is 2.62. The minimum atomic E-state index is -0.589. The van der Waals surface area contributed by atoms with Gasteiger partial charge in [0.1, 0.15) is 5.01 Å². The van der Waals surface area contributed by atoms with Gasteiger partial charge in [-0.2, -0.15) is 0 Å². The lowest BCUT2D eigenvalue weighted by Gasteiger charge is -2.58. The van der Waals surface area contributed by atoms with Crippen LogP contribution in [0.15, 0.2) is 24.5 Å². The number of pyridine rings is 1. The molecule has 2 saturated carbocycles. The number of aliphatic hydroxyl groups is 2. The maximum absolute atomic E-state index is 12.9. The molecule has 5 rings (SSSR count). The molecule has 3 aliphatic rings. The SMILES string of the molecule is C[C@]1(CO)[C@H]2Cc3sc(-c4cccnc4)nc3[C@@H](CC(=O)NC3CC3)[C@]2(C)CC[C@H]1O. The van der Waals surface area contributed by atoms with E-state index in [1.54, 1.807) is 17.5 Å². The number of carbonyl (C=O) groups excluding carboxylic acids is 1. The molecule has 3 N–H and O–H groups in total. The predicted octanol–water partition coefficient (Wildman–Crippen LogP) is 3.29. The molecular formula is C24H31N3O3S. The number of hydrogen-bond donors (Lipinski definition) is 3. The summed E-state index contributed by atoms with van der Waals surface area (Å²) in [6.45, 7) is 4.20. The summed E-state index contributed by atoms with van der Waals surface area (Å²) in [6, 6.07) is 4.26. The van der Waals surface area contributed by atoms with Gasteiger partial charge in [-0.1, -0.05) is 13.8 Å². The first kappa shape index (κ1) is 21.0. The number of nitrogens with zero attached hydrogens (tertiary/aromatic N) is 2. The summed E-state index contributed by atoms with van der Waals surface area (Å²) in [5.41, 5.74) is 1.23. The van der Waals surface area contributed by atoms with Crippen molar-refractivity contribution in [1.82, 2.24) is 15.3 Å². The van der Waals surface area contributed by atoms with Crippen molar-refractivity contribution in [2.45, 2.75) is 70.4 Å². The van der Waals surface area contributed by atoms with Crippen molar-refractivity contribution in [3.05, 3.63) is 35.1 Å². The fraction of sp³-hybridized carbons (Fsp3) is 0.625. The molecule has 0 radical (unpaired) electrons. The maximum Gasteiger partial charge on any atom is 0.220 e. The molecular weight excluding hydrogens is 410 g/mol. The van der Waals surface area contributed by atoms with Crippen molar-refractivity contribution in [3.8, 4) is 10.6 Å². The fourth-order valence-electron chi connectivity index (χ4n) is 5.96. The van der Waals surface area contributed by atoms with Crippen molar-refractivity contribution >= 4 is 17.2 Å². The smallest absolute Gasteiger partial charge is 0.220 e. The Morgan fingerprint density at radius 2 is 2.13 bits per heavy atom. The Morgan fingerprint density at radius 1 is 1.32 bits per heavy atom. The quantitative estimate of drug-likeness (QED) is 0.662. The largest absolute Gasteiger partial charge is 0.396 e. The highest BCUT2D eigenvalue weighted by atomic mass is 32.1. The van der Waals surface area contributed by atoms with Gasteiger partial charge in [0.25, 0.3) is 0 Å². The monoisotopic (exact) mass is 441 g/mol. The van der Waals surface area contributed by atoms with Gasteiger partial charge in [0.15, 0.2) is 0 Å². The van der Waals surface area contributed by atoms with Crippen molar-refractivity contribution in [3.63, 3.8) is 0 Å². The molecule has 2 aromatic rings. The number of carbonyl (C=O) groups is 1. The number of aromatic nitrogens is 2. The fourth-order valence-corrected chi connectivity index (χ4v) is 7.12. The van der Waals surface area contributed by atoms with Crippen LogP contribution in [-0.2, 0) is 11.2 Å². The second kappa shape index (κ2) is 7.64. The number of aliphatic hydroxyl groups excluding tert-OH is 2. The summed E-state index contributed by atoms with van der Waals surface area (Å²) >= 11 is 1.67. The predicted molar refractivity (Wildman–Crippen MR) is 120 cm³/mol. The van der Waals surface area contributed by atoms with Crippen LogP contribution in [0.25, 0.3) is 10.6 Å². The first-order chi connectivity index (χ1) is 14.8. The molecule has 5 atom stereocenters. The standard InChI is InChI=1S/C24H31N3O3S/c1-23-8-7-19(29)24(2,13-28)18(23)11-17-21(16(23)10-20(30)26-15-5-6-15)27-22(31-17)14-4-3-9-25-12-14/h3-4,9,12,15-16,18-19,28-29H,5-8,10-11,13H2,1-2H3,(H,26,30)/t16-,18+,19-,23+,24+/m1/s1. The number of amides is 1. The van der Waals surface area contributed by atoms with Gasteiger partial charge in [0, 0.05) is 46.6 Å². The average molecular weight is 442 g/mol. The maximum atomic E-state index is 12.9. The van der Waals surface area contributed by atoms with Gasteiger partial charge in [0.05, 0.1) is 18.4 Å². The third-order valence-corrected chi connectivity index (χ3v) is 9.28. The highest BCUT2D eigenvalue weighted by Gasteiger charge is 2.59. The Kier molecular flexibility index (Phi) is 5.19. The number of fused-ring (bicyclic) bond motifs is 2. The van der Waals surface area contributed by atoms with Crippen LogP contribution in [0, 0.1) is 16.7 Å². The summed E-state index contributed by atoms with van der Waals surface area (Å²) in [5.74, 6) is 0.148. The summed E-state index contributed by atoms with van der Waals surface area (Å²) in [7, 11) is 0. The van der Waals surface area contributed by atoms with Gasteiger partial charge in [-0.3, -0.25) is 9.78 Å². The zero-order valence-corrected chi connectivity index (χ0v) is 19.0. The van der Waals surface area contributed by atoms with Gasteiger partial charge in [-0.25, -0.2) is 4.98 Å². The van der Waals surface area contributed by atoms with E-state index in [0.717, 1.165) is 41.9 Å². The molecule has 2 aromatic heterocycles. The molecule has 0 unspecified atom stereocenters. The summed E-state index contributed by atoms with van der Waals surface area (Å²) in [5, 5.41) is 25.3. The van der Waals surface area contributed by atoms with E-state index in [1.807, 2.05) is 25.3 Å². The van der Waals surface area contributed by atoms with Crippen LogP contribution in [0.1, 0.15) is 62.4 Å². The van der Waals surface area contributed by atoms with E-state index in [1.165, 1.54) is 4.88 Å². The van der Waals surface area contributed by atoms with Crippen LogP contribution in [0.3, 0.4) is 0 Å². The summed E-state index contributed by atoms with van der Waals surface area (Å²) in [6.07, 6.45) is 7.83. The Balaban J connectivity index is 1.58. The lowest BCUT2D eigenvalue weighted by atomic mass is 9.47. The van der Waals surface area contributed by atoms with E-state index in [-0.39, 0.29) is 29.8 Å². The molecule has 1 amide bonds. The normalized spacial score (nSPS) is 34.6. The van der Waals surface area contributed by atoms with E-state index in [2.05, 4.69) is 17.2 Å². The molecule has 0 aliphatic heterocycles. The summed E-state index contributed by atoms with van der Waals surface area (Å²) in [4.78, 5) is 23.4. The van der Waals surface area contributed by atoms with Crippen LogP contribution in [0.4, 0.5) is 0 Å². The average Bonchev–Trinajstić information content (AvgIpc) is 3.48. The Hall–Kier alpha value is -1.83. The van der Waals surface area contributed by atoms with Gasteiger partial charge in [0.2, 0.25) is 5.91 Å². The molecule has 0 spiro atoms. The Labute approximate surface area is 187 Å². The van der Waals surface area contributed by atoms with Crippen LogP contribution < -0.4 is 5.32 Å². The lowest BCUT2D eigenvalue weighted by molar-refractivity contribution is -0.144. The third kappa shape index (κ3) is 3.51. The molecule has 0 saturated heterocycles. The summed E-state index contributed by atoms with van der Waals surface area (Å²) < 4.78 is 0. The Bertz CT molecular complexity index is 976. The number of nitrogens with one attached hydrogen (secondary N) is 1. The minimum Gasteiger partial charge on any atom is -0.396 e. The van der Waals surface area contributed by atoms with Gasteiger partial charge >= 0.3 is 0 Å². The van der Waals surface area contributed by atoms with E-state index in [4.69, 9.17) is 4.98 Å². The number of rotatable bonds is 5. The van der Waals surface area contributed by atoms with Crippen molar-refractivity contribution in [2.24, 2.45) is 16.7 Å². The molecule has 0 bridgehead atoms. The van der Waals surface area contributed by atoms with Crippen LogP contribution in [0.2, 0.25) is 0 Å². The zero-order valence-electron chi connectivity index (χ0n) is 18.2. The zero-order chi connectivity index (χ0) is 21.8. The number of thiazole rings is 1. The molecule has 6 nitrogen and oxygen atoms in total. The molecule has 0 aromatic carbocycles. The Morgan fingerprint density at radius 3 is 2.81 bits per heavy atom. The number of hydrogen-bond acceptors (Lipinski definition) is 6. The minimum absolute atomic E-state index is 0.0277. The van der Waals surface area contributed by atoms with Gasteiger partial charge < -0.3 is 15.5 Å². The first-order valence-corrected chi connectivity index (χ1v) is 12.1. The van der Waals surface area contributed by atoms with Crippen molar-refractivity contribution in [1.29, 1.82) is 0 Å². The second-order valence-electron chi connectivity index (χ2n) is 10.1. The van der Waals surface area contributed by atoms with E-state index < -0.39 is 11.5 Å². The van der Waals surface area contributed by atoms with Crippen LogP contribution >= 0.6 is 11.3 Å². The molecule has 2 heterocycles. The highest BCUT2D eigenvalue weighted by molar-refractivity contribution is 7.15. The molecule has 166 valence electrons. The topological polar surface area (TPSA) is 95.3 Å². The van der Waals surface area contributed by atoms with Crippen molar-refractivity contribution in [2.75, 3.05) is 6.61 Å². The van der Waals surface area contributed by atoms with E-state index in [0.29, 0.717) is 18.9 Å². The van der Waals surface area contributed by atoms with Crippen LogP contribution in [0.5, 0.6) is 0 Å². The van der Waals surface area contributed by atoms with Crippen LogP contribution in [-0.4, -0.2) is 44.8 Å². The molecule has 2 fully saturated rings. The second-order valence-corrected chi connectivity index (χ2v) is 11.2. The van der Waals surface area contributed by atoms with E-state index in [9.17, 15) is 15.0 Å². The van der Waals surface area contributed by atoms with Gasteiger partial charge in [-0.15, -0.1) is 11.3 Å². The molecule has 3 aliphatic carbocycles. The van der Waals surface area contributed by atoms with Crippen molar-refractivity contribution < 1.29 is 15.0 Å². The lowest BCUT2D eigenvalue weighted by Crippen LogP contribution is -2.57.